The van der Waals surface area contributed by atoms with Crippen LogP contribution in [0.1, 0.15) is 31.4 Å². The first kappa shape index (κ1) is 19.6. The van der Waals surface area contributed by atoms with E-state index in [0.717, 1.165) is 24.1 Å². The first-order valence-electron chi connectivity index (χ1n) is 9.84. The van der Waals surface area contributed by atoms with Gasteiger partial charge in [0, 0.05) is 11.6 Å². The Kier molecular flexibility index (Phi) is 5.22. The van der Waals surface area contributed by atoms with Crippen molar-refractivity contribution < 1.29 is 9.59 Å². The highest BCUT2D eigenvalue weighted by atomic mass is 16.2. The Morgan fingerprint density at radius 2 is 1.80 bits per heavy atom. The third kappa shape index (κ3) is 4.17. The lowest BCUT2D eigenvalue weighted by atomic mass is 10.1. The van der Waals surface area contributed by atoms with Crippen LogP contribution in [0.3, 0.4) is 0 Å². The van der Waals surface area contributed by atoms with Crippen LogP contribution in [0.15, 0.2) is 58.1 Å². The Morgan fingerprint density at radius 3 is 2.50 bits per heavy atom. The molecule has 4 rings (SSSR count). The summed E-state index contributed by atoms with van der Waals surface area (Å²) < 4.78 is 1.25. The van der Waals surface area contributed by atoms with Crippen LogP contribution >= 0.6 is 0 Å². The average molecular weight is 406 g/mol. The second-order valence-corrected chi connectivity index (χ2v) is 7.54. The Labute approximate surface area is 171 Å². The summed E-state index contributed by atoms with van der Waals surface area (Å²) in [5, 5.41) is 6.09. The molecule has 2 amide bonds. The Morgan fingerprint density at radius 1 is 1.10 bits per heavy atom. The van der Waals surface area contributed by atoms with Gasteiger partial charge in [-0.3, -0.25) is 23.9 Å². The summed E-state index contributed by atoms with van der Waals surface area (Å²) in [6.07, 6.45) is 1.89. The molecule has 8 nitrogen and oxygen atoms in total. The van der Waals surface area contributed by atoms with E-state index < -0.39 is 11.2 Å². The predicted molar refractivity (Wildman–Crippen MR) is 113 cm³/mol. The van der Waals surface area contributed by atoms with Crippen LogP contribution < -0.4 is 21.9 Å². The summed E-state index contributed by atoms with van der Waals surface area (Å²) in [4.78, 5) is 50.8. The van der Waals surface area contributed by atoms with Crippen molar-refractivity contribution in [3.8, 4) is 0 Å². The Bertz CT molecular complexity index is 1220. The number of para-hydroxylation sites is 1. The van der Waals surface area contributed by atoms with E-state index in [9.17, 15) is 19.2 Å². The molecule has 1 aliphatic carbocycles. The molecule has 2 aromatic carbocycles. The number of hydrogen-bond donors (Lipinski definition) is 3. The maximum atomic E-state index is 12.6. The summed E-state index contributed by atoms with van der Waals surface area (Å²) in [7, 11) is 0. The third-order valence-corrected chi connectivity index (χ3v) is 5.21. The molecule has 154 valence electrons. The van der Waals surface area contributed by atoms with Gasteiger partial charge in [0.15, 0.2) is 0 Å². The summed E-state index contributed by atoms with van der Waals surface area (Å²) in [5.74, 6) is -0.175. The zero-order valence-electron chi connectivity index (χ0n) is 16.5. The first-order valence-corrected chi connectivity index (χ1v) is 9.84. The van der Waals surface area contributed by atoms with Crippen LogP contribution in [0.4, 0.5) is 5.69 Å². The molecule has 1 heterocycles. The molecule has 0 bridgehead atoms. The highest BCUT2D eigenvalue weighted by Gasteiger charge is 2.29. The van der Waals surface area contributed by atoms with E-state index in [-0.39, 0.29) is 30.3 Å². The predicted octanol–water partition coefficient (Wildman–Crippen LogP) is 1.92. The van der Waals surface area contributed by atoms with Crippen LogP contribution in [-0.4, -0.2) is 21.4 Å². The smallest absolute Gasteiger partial charge is 0.329 e. The molecule has 8 heteroatoms. The summed E-state index contributed by atoms with van der Waals surface area (Å²) in [6.45, 7) is 1.62. The molecular weight excluding hydrogens is 384 g/mol. The van der Waals surface area contributed by atoms with E-state index in [1.807, 2.05) is 19.1 Å². The molecule has 3 N–H and O–H groups in total. The number of nitrogens with zero attached hydrogens (tertiary/aromatic N) is 1. The van der Waals surface area contributed by atoms with Crippen molar-refractivity contribution in [2.75, 3.05) is 5.32 Å². The van der Waals surface area contributed by atoms with Crippen LogP contribution in [0.2, 0.25) is 0 Å². The highest BCUT2D eigenvalue weighted by Crippen LogP contribution is 2.30. The van der Waals surface area contributed by atoms with Gasteiger partial charge >= 0.3 is 5.69 Å². The number of fused-ring (bicyclic) bond motifs is 1. The number of anilines is 1. The number of amides is 2. The highest BCUT2D eigenvalue weighted by molar-refractivity contribution is 5.94. The van der Waals surface area contributed by atoms with Gasteiger partial charge in [0.25, 0.3) is 5.56 Å². The van der Waals surface area contributed by atoms with Crippen molar-refractivity contribution >= 4 is 28.4 Å². The van der Waals surface area contributed by atoms with E-state index >= 15 is 0 Å². The van der Waals surface area contributed by atoms with Crippen LogP contribution in [0, 0.1) is 5.92 Å². The van der Waals surface area contributed by atoms with Crippen molar-refractivity contribution in [2.24, 2.45) is 5.92 Å². The SMILES string of the molecule is CC(NC(=O)Cn1c(=O)[nH]c(=O)c2ccccc21)c1ccc(NC(=O)C2CC2)cc1. The Balaban J connectivity index is 1.44. The quantitative estimate of drug-likeness (QED) is 0.580. The molecule has 1 aromatic heterocycles. The molecule has 0 saturated heterocycles. The normalized spacial score (nSPS) is 14.3. The number of benzene rings is 2. The molecule has 30 heavy (non-hydrogen) atoms. The lowest BCUT2D eigenvalue weighted by molar-refractivity contribution is -0.122. The van der Waals surface area contributed by atoms with E-state index in [1.165, 1.54) is 4.57 Å². The second kappa shape index (κ2) is 7.98. The van der Waals surface area contributed by atoms with Gasteiger partial charge in [-0.05, 0) is 49.6 Å². The van der Waals surface area contributed by atoms with Gasteiger partial charge in [-0.15, -0.1) is 0 Å². The van der Waals surface area contributed by atoms with Crippen LogP contribution in [0.5, 0.6) is 0 Å². The minimum absolute atomic E-state index is 0.0441. The fourth-order valence-corrected chi connectivity index (χ4v) is 3.36. The maximum absolute atomic E-state index is 12.6. The molecule has 0 aliphatic heterocycles. The maximum Gasteiger partial charge on any atom is 0.329 e. The fraction of sp³-hybridized carbons (Fsp3) is 0.273. The number of rotatable bonds is 6. The van der Waals surface area contributed by atoms with Crippen molar-refractivity contribution in [1.29, 1.82) is 0 Å². The van der Waals surface area contributed by atoms with E-state index in [0.29, 0.717) is 10.9 Å². The minimum Gasteiger partial charge on any atom is -0.348 e. The minimum atomic E-state index is -0.628. The lowest BCUT2D eigenvalue weighted by Crippen LogP contribution is -2.37. The van der Waals surface area contributed by atoms with Crippen LogP contribution in [0.25, 0.3) is 10.9 Å². The standard InChI is InChI=1S/C22H22N4O4/c1-13(14-8-10-16(11-9-14)24-20(28)15-6-7-15)23-19(27)12-26-18-5-3-2-4-17(18)21(29)25-22(26)30/h2-5,8-11,13,15H,6-7,12H2,1H3,(H,23,27)(H,24,28)(H,25,29,30). The molecule has 3 aromatic rings. The van der Waals surface area contributed by atoms with E-state index in [1.54, 1.807) is 36.4 Å². The summed E-state index contributed by atoms with van der Waals surface area (Å²) >= 11 is 0. The third-order valence-electron chi connectivity index (χ3n) is 5.21. The Hall–Kier alpha value is -3.68. The fourth-order valence-electron chi connectivity index (χ4n) is 3.36. The summed E-state index contributed by atoms with van der Waals surface area (Å²) in [6, 6.07) is 13.6. The lowest BCUT2D eigenvalue weighted by Gasteiger charge is -2.16. The summed E-state index contributed by atoms with van der Waals surface area (Å²) in [5.41, 5.74) is 0.892. The molecule has 1 fully saturated rings. The zero-order chi connectivity index (χ0) is 21.3. The molecule has 1 unspecified atom stereocenters. The van der Waals surface area contributed by atoms with Gasteiger partial charge in [0.05, 0.1) is 16.9 Å². The molecule has 1 saturated carbocycles. The monoisotopic (exact) mass is 406 g/mol. The number of nitrogens with one attached hydrogen (secondary N) is 3. The number of hydrogen-bond acceptors (Lipinski definition) is 4. The van der Waals surface area contributed by atoms with Crippen molar-refractivity contribution in [1.82, 2.24) is 14.9 Å². The van der Waals surface area contributed by atoms with Crippen LogP contribution in [-0.2, 0) is 16.1 Å². The van der Waals surface area contributed by atoms with Gasteiger partial charge in [-0.1, -0.05) is 24.3 Å². The number of H-pyrrole nitrogens is 1. The van der Waals surface area contributed by atoms with Gasteiger partial charge in [0.1, 0.15) is 6.54 Å². The van der Waals surface area contributed by atoms with Gasteiger partial charge < -0.3 is 10.6 Å². The molecule has 0 spiro atoms. The first-order chi connectivity index (χ1) is 14.4. The number of carbonyl (C=O) groups is 2. The van der Waals surface area contributed by atoms with Crippen molar-refractivity contribution in [3.63, 3.8) is 0 Å². The largest absolute Gasteiger partial charge is 0.348 e. The van der Waals surface area contributed by atoms with Gasteiger partial charge in [-0.25, -0.2) is 4.79 Å². The van der Waals surface area contributed by atoms with Gasteiger partial charge in [-0.2, -0.15) is 0 Å². The van der Waals surface area contributed by atoms with E-state index in [4.69, 9.17) is 0 Å². The van der Waals surface area contributed by atoms with Crippen molar-refractivity contribution in [3.05, 3.63) is 74.9 Å². The van der Waals surface area contributed by atoms with E-state index in [2.05, 4.69) is 15.6 Å². The second-order valence-electron chi connectivity index (χ2n) is 7.54. The molecule has 1 atom stereocenters. The van der Waals surface area contributed by atoms with Gasteiger partial charge in [0.2, 0.25) is 11.8 Å². The average Bonchev–Trinajstić information content (AvgIpc) is 3.57. The number of carbonyl (C=O) groups excluding carboxylic acids is 2. The molecule has 1 aliphatic rings. The molecular formula is C22H22N4O4. The number of aromatic nitrogens is 2. The molecule has 0 radical (unpaired) electrons. The van der Waals surface area contributed by atoms with Crippen molar-refractivity contribution in [2.45, 2.75) is 32.4 Å². The topological polar surface area (TPSA) is 113 Å². The number of aromatic amines is 1. The zero-order valence-corrected chi connectivity index (χ0v) is 16.5.